The Bertz CT molecular complexity index is 517. The summed E-state index contributed by atoms with van der Waals surface area (Å²) in [5.41, 5.74) is -0.644. The molecule has 21 heavy (non-hydrogen) atoms. The lowest BCUT2D eigenvalue weighted by Crippen LogP contribution is -2.50. The molecule has 2 N–H and O–H groups in total. The summed E-state index contributed by atoms with van der Waals surface area (Å²) >= 11 is 0. The molecular weight excluding hydrogens is 275 g/mol. The Morgan fingerprint density at radius 3 is 2.57 bits per heavy atom. The van der Waals surface area contributed by atoms with E-state index in [0.29, 0.717) is 18.8 Å². The van der Waals surface area contributed by atoms with E-state index in [4.69, 9.17) is 0 Å². The van der Waals surface area contributed by atoms with Gasteiger partial charge in [0.15, 0.2) is 0 Å². The Labute approximate surface area is 123 Å². The fraction of sp³-hybridized carbons (Fsp3) is 0.467. The Balaban J connectivity index is 2.57. The lowest BCUT2D eigenvalue weighted by Gasteiger charge is -2.33. The average molecular weight is 296 g/mol. The molecule has 0 heterocycles. The van der Waals surface area contributed by atoms with Crippen molar-refractivity contribution in [2.45, 2.75) is 32.7 Å². The number of benzene rings is 1. The number of hydrogen-bond acceptors (Lipinski definition) is 3. The van der Waals surface area contributed by atoms with Crippen LogP contribution in [0.15, 0.2) is 24.3 Å². The first-order chi connectivity index (χ1) is 9.77. The Morgan fingerprint density at radius 2 is 2.05 bits per heavy atom. The molecule has 0 bridgehead atoms. The lowest BCUT2D eigenvalue weighted by molar-refractivity contribution is -0.149. The number of aliphatic carboxylic acids is 1. The van der Waals surface area contributed by atoms with Gasteiger partial charge in [0, 0.05) is 18.7 Å². The van der Waals surface area contributed by atoms with Crippen molar-refractivity contribution in [3.63, 3.8) is 0 Å². The lowest BCUT2D eigenvalue weighted by atomic mass is 10.0. The number of rotatable bonds is 7. The fourth-order valence-electron chi connectivity index (χ4n) is 1.99. The molecule has 0 aromatic heterocycles. The molecule has 0 atom stereocenters. The minimum atomic E-state index is -1.03. The van der Waals surface area contributed by atoms with Gasteiger partial charge in [-0.2, -0.15) is 0 Å². The molecule has 5 nitrogen and oxygen atoms in total. The van der Waals surface area contributed by atoms with Crippen molar-refractivity contribution in [1.29, 1.82) is 0 Å². The minimum absolute atomic E-state index is 0.140. The summed E-state index contributed by atoms with van der Waals surface area (Å²) in [6.45, 7) is 5.88. The van der Waals surface area contributed by atoms with E-state index in [9.17, 15) is 19.1 Å². The van der Waals surface area contributed by atoms with Crippen LogP contribution in [0.3, 0.4) is 0 Å². The maximum Gasteiger partial charge on any atom is 0.323 e. The molecule has 0 fully saturated rings. The summed E-state index contributed by atoms with van der Waals surface area (Å²) in [5, 5.41) is 11.8. The molecule has 0 saturated carbocycles. The van der Waals surface area contributed by atoms with Crippen molar-refractivity contribution in [2.24, 2.45) is 0 Å². The number of hydrogen-bond donors (Lipinski definition) is 2. The molecule has 116 valence electrons. The van der Waals surface area contributed by atoms with Gasteiger partial charge >= 0.3 is 5.97 Å². The SMILES string of the molecule is CCN(CCC(=O)Nc1cccc(F)c1)C(C)(C)C(=O)O. The van der Waals surface area contributed by atoms with Gasteiger partial charge in [0.25, 0.3) is 0 Å². The molecule has 0 unspecified atom stereocenters. The van der Waals surface area contributed by atoms with Crippen LogP contribution in [0.25, 0.3) is 0 Å². The molecule has 0 aliphatic rings. The van der Waals surface area contributed by atoms with Crippen molar-refractivity contribution in [1.82, 2.24) is 4.90 Å². The van der Waals surface area contributed by atoms with E-state index in [1.54, 1.807) is 24.8 Å². The zero-order chi connectivity index (χ0) is 16.0. The van der Waals surface area contributed by atoms with Crippen LogP contribution >= 0.6 is 0 Å². The molecule has 1 aromatic rings. The molecule has 0 radical (unpaired) electrons. The number of anilines is 1. The molecule has 0 saturated heterocycles. The summed E-state index contributed by atoms with van der Waals surface area (Å²) in [5.74, 6) is -1.63. The summed E-state index contributed by atoms with van der Waals surface area (Å²) < 4.78 is 13.0. The topological polar surface area (TPSA) is 69.6 Å². The first-order valence-electron chi connectivity index (χ1n) is 6.81. The van der Waals surface area contributed by atoms with E-state index in [0.717, 1.165) is 0 Å². The highest BCUT2D eigenvalue weighted by Gasteiger charge is 2.33. The van der Waals surface area contributed by atoms with Gasteiger partial charge in [0.1, 0.15) is 11.4 Å². The third-order valence-corrected chi connectivity index (χ3v) is 3.41. The number of amides is 1. The molecule has 1 aromatic carbocycles. The summed E-state index contributed by atoms with van der Waals surface area (Å²) in [4.78, 5) is 24.8. The Morgan fingerprint density at radius 1 is 1.38 bits per heavy atom. The highest BCUT2D eigenvalue weighted by atomic mass is 19.1. The van der Waals surface area contributed by atoms with Gasteiger partial charge in [-0.1, -0.05) is 13.0 Å². The number of nitrogens with one attached hydrogen (secondary N) is 1. The predicted molar refractivity (Wildman–Crippen MR) is 78.6 cm³/mol. The smallest absolute Gasteiger partial charge is 0.323 e. The number of carboxylic acid groups (broad SMARTS) is 1. The van der Waals surface area contributed by atoms with Crippen LogP contribution in [0.5, 0.6) is 0 Å². The maximum atomic E-state index is 13.0. The van der Waals surface area contributed by atoms with Crippen molar-refractivity contribution in [2.75, 3.05) is 18.4 Å². The number of carboxylic acids is 1. The van der Waals surface area contributed by atoms with Crippen LogP contribution in [0.1, 0.15) is 27.2 Å². The zero-order valence-electron chi connectivity index (χ0n) is 12.5. The normalized spacial score (nSPS) is 11.5. The van der Waals surface area contributed by atoms with E-state index >= 15 is 0 Å². The van der Waals surface area contributed by atoms with Crippen molar-refractivity contribution >= 4 is 17.6 Å². The van der Waals surface area contributed by atoms with E-state index in [2.05, 4.69) is 5.32 Å². The quantitative estimate of drug-likeness (QED) is 0.810. The van der Waals surface area contributed by atoms with E-state index < -0.39 is 17.3 Å². The largest absolute Gasteiger partial charge is 0.480 e. The highest BCUT2D eigenvalue weighted by molar-refractivity contribution is 5.90. The van der Waals surface area contributed by atoms with Gasteiger partial charge in [-0.25, -0.2) is 4.39 Å². The Kier molecular flexibility index (Phi) is 5.84. The number of likely N-dealkylation sites (N-methyl/N-ethyl adjacent to an activating group) is 1. The van der Waals surface area contributed by atoms with Gasteiger partial charge in [-0.3, -0.25) is 14.5 Å². The highest BCUT2D eigenvalue weighted by Crippen LogP contribution is 2.15. The van der Waals surface area contributed by atoms with E-state index in [1.807, 2.05) is 6.92 Å². The molecule has 0 aliphatic heterocycles. The monoisotopic (exact) mass is 296 g/mol. The molecule has 1 amide bonds. The molecule has 0 aliphatic carbocycles. The second-order valence-electron chi connectivity index (χ2n) is 5.25. The molecule has 6 heteroatoms. The van der Waals surface area contributed by atoms with Gasteiger partial charge < -0.3 is 10.4 Å². The summed E-state index contributed by atoms with van der Waals surface area (Å²) in [7, 11) is 0. The van der Waals surface area contributed by atoms with Crippen LogP contribution in [0.2, 0.25) is 0 Å². The second-order valence-corrected chi connectivity index (χ2v) is 5.25. The minimum Gasteiger partial charge on any atom is -0.480 e. The predicted octanol–water partition coefficient (Wildman–Crippen LogP) is 2.34. The zero-order valence-corrected chi connectivity index (χ0v) is 12.5. The maximum absolute atomic E-state index is 13.0. The Hall–Kier alpha value is -1.95. The van der Waals surface area contributed by atoms with Crippen LogP contribution in [-0.4, -0.2) is 40.5 Å². The first-order valence-corrected chi connectivity index (χ1v) is 6.81. The van der Waals surface area contributed by atoms with Gasteiger partial charge in [0.2, 0.25) is 5.91 Å². The first kappa shape index (κ1) is 17.1. The average Bonchev–Trinajstić information content (AvgIpc) is 2.38. The second kappa shape index (κ2) is 7.17. The van der Waals surface area contributed by atoms with Crippen LogP contribution in [0.4, 0.5) is 10.1 Å². The third-order valence-electron chi connectivity index (χ3n) is 3.41. The van der Waals surface area contributed by atoms with Gasteiger partial charge in [-0.15, -0.1) is 0 Å². The van der Waals surface area contributed by atoms with Crippen molar-refractivity contribution < 1.29 is 19.1 Å². The van der Waals surface area contributed by atoms with Crippen molar-refractivity contribution in [3.8, 4) is 0 Å². The molecule has 1 rings (SSSR count). The number of carbonyl (C=O) groups is 2. The molecule has 0 spiro atoms. The van der Waals surface area contributed by atoms with Crippen LogP contribution < -0.4 is 5.32 Å². The number of halogens is 1. The van der Waals surface area contributed by atoms with Gasteiger partial charge in [0.05, 0.1) is 0 Å². The summed E-state index contributed by atoms with van der Waals surface area (Å²) in [6, 6.07) is 5.64. The summed E-state index contributed by atoms with van der Waals surface area (Å²) in [6.07, 6.45) is 0.140. The van der Waals surface area contributed by atoms with Crippen molar-refractivity contribution in [3.05, 3.63) is 30.1 Å². The standard InChI is InChI=1S/C15H21FN2O3/c1-4-18(15(2,3)14(20)21)9-8-13(19)17-12-7-5-6-11(16)10-12/h5-7,10H,4,8-9H2,1-3H3,(H,17,19)(H,20,21). The molecular formula is C15H21FN2O3. The van der Waals surface area contributed by atoms with Gasteiger partial charge in [-0.05, 0) is 38.6 Å². The fourth-order valence-corrected chi connectivity index (χ4v) is 1.99. The van der Waals surface area contributed by atoms with Crippen LogP contribution in [0, 0.1) is 5.82 Å². The number of nitrogens with zero attached hydrogens (tertiary/aromatic N) is 1. The van der Waals surface area contributed by atoms with Crippen LogP contribution in [-0.2, 0) is 9.59 Å². The van der Waals surface area contributed by atoms with E-state index in [1.165, 1.54) is 18.2 Å². The number of carbonyl (C=O) groups excluding carboxylic acids is 1. The van der Waals surface area contributed by atoms with E-state index in [-0.39, 0.29) is 12.3 Å². The third kappa shape index (κ3) is 4.82.